The number of urea groups is 1. The highest BCUT2D eigenvalue weighted by Gasteiger charge is 2.52. The number of hydrogen-bond donors (Lipinski definition) is 1. The predicted octanol–water partition coefficient (Wildman–Crippen LogP) is 1.46. The highest BCUT2D eigenvalue weighted by molar-refractivity contribution is 6.07. The topological polar surface area (TPSA) is 114 Å². The highest BCUT2D eigenvalue weighted by atomic mass is 16.5. The predicted molar refractivity (Wildman–Crippen MR) is 113 cm³/mol. The quantitative estimate of drug-likeness (QED) is 0.450. The van der Waals surface area contributed by atoms with Crippen LogP contribution in [0.4, 0.5) is 4.79 Å². The average molecular weight is 447 g/mol. The zero-order chi connectivity index (χ0) is 23.3. The molecule has 32 heavy (non-hydrogen) atoms. The van der Waals surface area contributed by atoms with E-state index in [4.69, 9.17) is 14.2 Å². The molecule has 0 atom stereocenters. The number of hydrogen-bond acceptors (Lipinski definition) is 7. The molecule has 4 amide bonds. The van der Waals surface area contributed by atoms with E-state index in [9.17, 15) is 19.2 Å². The van der Waals surface area contributed by atoms with Gasteiger partial charge in [-0.2, -0.15) is 0 Å². The van der Waals surface area contributed by atoms with Gasteiger partial charge in [0.05, 0.1) is 21.3 Å². The Balaban J connectivity index is 1.70. The van der Waals surface area contributed by atoms with Crippen molar-refractivity contribution < 1.29 is 33.4 Å². The number of rotatable bonds is 9. The minimum absolute atomic E-state index is 0.0512. The molecule has 2 aliphatic rings. The first-order chi connectivity index (χ1) is 15.3. The summed E-state index contributed by atoms with van der Waals surface area (Å²) in [6.07, 6.45) is 2.90. The lowest BCUT2D eigenvalue weighted by Crippen LogP contribution is -2.44. The molecule has 2 fully saturated rings. The molecule has 1 aromatic rings. The molecule has 10 nitrogen and oxygen atoms in total. The molecule has 1 saturated carbocycles. The monoisotopic (exact) mass is 447 g/mol. The number of imide groups is 1. The van der Waals surface area contributed by atoms with Crippen molar-refractivity contribution >= 4 is 23.8 Å². The van der Waals surface area contributed by atoms with Crippen LogP contribution in [0.25, 0.3) is 0 Å². The second-order valence-corrected chi connectivity index (χ2v) is 7.97. The number of carbonyl (C=O) groups is 4. The third-order valence-corrected chi connectivity index (χ3v) is 5.94. The summed E-state index contributed by atoms with van der Waals surface area (Å²) in [5.74, 6) is -0.139. The summed E-state index contributed by atoms with van der Waals surface area (Å²) >= 11 is 0. The van der Waals surface area contributed by atoms with Crippen LogP contribution in [0.15, 0.2) is 18.2 Å². The van der Waals surface area contributed by atoms with Crippen LogP contribution in [0.5, 0.6) is 11.5 Å². The van der Waals surface area contributed by atoms with Crippen molar-refractivity contribution in [1.82, 2.24) is 15.1 Å². The van der Waals surface area contributed by atoms with Crippen LogP contribution in [0, 0.1) is 0 Å². The lowest BCUT2D eigenvalue weighted by Gasteiger charge is -2.24. The van der Waals surface area contributed by atoms with Gasteiger partial charge in [-0.1, -0.05) is 12.8 Å². The number of nitrogens with zero attached hydrogens (tertiary/aromatic N) is 2. The number of carbonyl (C=O) groups excluding carboxylic acids is 4. The zero-order valence-corrected chi connectivity index (χ0v) is 18.6. The Labute approximate surface area is 186 Å². The van der Waals surface area contributed by atoms with Gasteiger partial charge in [-0.15, -0.1) is 0 Å². The van der Waals surface area contributed by atoms with E-state index in [0.29, 0.717) is 29.9 Å². The minimum Gasteiger partial charge on any atom is -0.497 e. The van der Waals surface area contributed by atoms with Gasteiger partial charge in [0.2, 0.25) is 5.91 Å². The molecule has 1 N–H and O–H groups in total. The lowest BCUT2D eigenvalue weighted by atomic mass is 9.98. The number of amides is 4. The summed E-state index contributed by atoms with van der Waals surface area (Å²) in [6, 6.07) is 4.71. The van der Waals surface area contributed by atoms with Crippen LogP contribution >= 0.6 is 0 Å². The molecule has 0 aromatic heterocycles. The molecule has 0 bridgehead atoms. The molecular formula is C22H29N3O7. The molecule has 0 radical (unpaired) electrons. The fourth-order valence-electron chi connectivity index (χ4n) is 4.19. The Kier molecular flexibility index (Phi) is 7.22. The molecule has 1 aliphatic heterocycles. The van der Waals surface area contributed by atoms with Gasteiger partial charge in [0.1, 0.15) is 23.6 Å². The first-order valence-electron chi connectivity index (χ1n) is 10.5. The third kappa shape index (κ3) is 4.95. The van der Waals surface area contributed by atoms with Gasteiger partial charge in [-0.05, 0) is 30.5 Å². The first-order valence-corrected chi connectivity index (χ1v) is 10.5. The molecular weight excluding hydrogens is 418 g/mol. The molecule has 1 saturated heterocycles. The molecule has 174 valence electrons. The second kappa shape index (κ2) is 9.88. The van der Waals surface area contributed by atoms with Gasteiger partial charge in [0.15, 0.2) is 0 Å². The van der Waals surface area contributed by atoms with E-state index in [1.165, 1.54) is 26.2 Å². The first kappa shape index (κ1) is 23.4. The molecule has 1 spiro atoms. The normalized spacial score (nSPS) is 16.8. The van der Waals surface area contributed by atoms with Crippen molar-refractivity contribution in [3.8, 4) is 11.5 Å². The summed E-state index contributed by atoms with van der Waals surface area (Å²) in [5, 5.41) is 2.80. The van der Waals surface area contributed by atoms with E-state index < -0.39 is 17.5 Å². The number of ether oxygens (including phenoxy) is 3. The van der Waals surface area contributed by atoms with Crippen molar-refractivity contribution in [2.45, 2.75) is 44.2 Å². The van der Waals surface area contributed by atoms with Gasteiger partial charge < -0.3 is 24.4 Å². The molecule has 1 aromatic carbocycles. The summed E-state index contributed by atoms with van der Waals surface area (Å²) in [6.45, 7) is -0.213. The van der Waals surface area contributed by atoms with E-state index >= 15 is 0 Å². The summed E-state index contributed by atoms with van der Waals surface area (Å²) < 4.78 is 15.2. The lowest BCUT2D eigenvalue weighted by molar-refractivity contribution is -0.147. The van der Waals surface area contributed by atoms with Crippen molar-refractivity contribution in [2.24, 2.45) is 0 Å². The average Bonchev–Trinajstić information content (AvgIpc) is 3.35. The Hall–Kier alpha value is -3.30. The maximum atomic E-state index is 13.0. The molecule has 1 aliphatic carbocycles. The number of benzene rings is 1. The summed E-state index contributed by atoms with van der Waals surface area (Å²) in [5.41, 5.74) is -0.124. The fraction of sp³-hybridized carbons (Fsp3) is 0.545. The Morgan fingerprint density at radius 3 is 2.25 bits per heavy atom. The Morgan fingerprint density at radius 2 is 1.69 bits per heavy atom. The van der Waals surface area contributed by atoms with E-state index in [-0.39, 0.29) is 37.9 Å². The fourth-order valence-corrected chi connectivity index (χ4v) is 4.19. The molecule has 3 rings (SSSR count). The maximum Gasteiger partial charge on any atom is 0.325 e. The highest BCUT2D eigenvalue weighted by Crippen LogP contribution is 2.35. The SMILES string of the molecule is COC(=O)CN(Cc1cc(OC)cc(OC)c1)C(=O)CCN1C(=O)NC2(CCCC2)C1=O. The van der Waals surface area contributed by atoms with Gasteiger partial charge in [0, 0.05) is 25.6 Å². The van der Waals surface area contributed by atoms with Gasteiger partial charge >= 0.3 is 12.0 Å². The van der Waals surface area contributed by atoms with E-state index in [1.807, 2.05) is 0 Å². The largest absolute Gasteiger partial charge is 0.497 e. The molecule has 0 unspecified atom stereocenters. The van der Waals surface area contributed by atoms with E-state index in [1.54, 1.807) is 18.2 Å². The Bertz CT molecular complexity index is 873. The van der Waals surface area contributed by atoms with Crippen LogP contribution in [-0.2, 0) is 25.7 Å². The summed E-state index contributed by atoms with van der Waals surface area (Å²) in [4.78, 5) is 52.5. The standard InChI is InChI=1S/C22H29N3O7/c1-30-16-10-15(11-17(12-16)31-2)13-24(14-19(27)32-3)18(26)6-9-25-20(28)22(23-21(25)29)7-4-5-8-22/h10-12H,4-9,13-14H2,1-3H3,(H,23,29). The van der Waals surface area contributed by atoms with Gasteiger partial charge in [0.25, 0.3) is 5.91 Å². The van der Waals surface area contributed by atoms with Crippen LogP contribution in [0.2, 0.25) is 0 Å². The van der Waals surface area contributed by atoms with Gasteiger partial charge in [-0.25, -0.2) is 4.79 Å². The number of esters is 1. The van der Waals surface area contributed by atoms with E-state index in [0.717, 1.165) is 17.7 Å². The van der Waals surface area contributed by atoms with Crippen LogP contribution in [-0.4, -0.2) is 73.6 Å². The van der Waals surface area contributed by atoms with Crippen LogP contribution in [0.3, 0.4) is 0 Å². The number of nitrogens with one attached hydrogen (secondary N) is 1. The van der Waals surface area contributed by atoms with Crippen LogP contribution in [0.1, 0.15) is 37.7 Å². The van der Waals surface area contributed by atoms with Crippen molar-refractivity contribution in [3.05, 3.63) is 23.8 Å². The second-order valence-electron chi connectivity index (χ2n) is 7.97. The number of methoxy groups -OCH3 is 3. The minimum atomic E-state index is -0.816. The van der Waals surface area contributed by atoms with Crippen molar-refractivity contribution in [3.63, 3.8) is 0 Å². The maximum absolute atomic E-state index is 13.0. The smallest absolute Gasteiger partial charge is 0.325 e. The van der Waals surface area contributed by atoms with Gasteiger partial charge in [-0.3, -0.25) is 19.3 Å². The summed E-state index contributed by atoms with van der Waals surface area (Å²) in [7, 11) is 4.28. The third-order valence-electron chi connectivity index (χ3n) is 5.94. The molecule has 1 heterocycles. The molecule has 10 heteroatoms. The van der Waals surface area contributed by atoms with E-state index in [2.05, 4.69) is 5.32 Å². The Morgan fingerprint density at radius 1 is 1.06 bits per heavy atom. The van der Waals surface area contributed by atoms with Crippen LogP contribution < -0.4 is 14.8 Å². The van der Waals surface area contributed by atoms with Crippen molar-refractivity contribution in [2.75, 3.05) is 34.4 Å². The van der Waals surface area contributed by atoms with Crippen molar-refractivity contribution in [1.29, 1.82) is 0 Å². The zero-order valence-electron chi connectivity index (χ0n) is 18.6.